The maximum Gasteiger partial charge on any atom is 0.251 e. The molecule has 5 rings (SSSR count). The van der Waals surface area contributed by atoms with E-state index < -0.39 is 6.04 Å². The summed E-state index contributed by atoms with van der Waals surface area (Å²) in [7, 11) is 0. The highest BCUT2D eigenvalue weighted by Gasteiger charge is 2.34. The van der Waals surface area contributed by atoms with E-state index in [0.717, 1.165) is 42.4 Å². The van der Waals surface area contributed by atoms with Crippen molar-refractivity contribution in [2.45, 2.75) is 58.2 Å². The van der Waals surface area contributed by atoms with E-state index in [4.69, 9.17) is 0 Å². The molecular weight excluding hydrogens is 492 g/mol. The number of phenolic OH excluding ortho intramolecular Hbond substituents is 1. The summed E-state index contributed by atoms with van der Waals surface area (Å²) in [5.41, 5.74) is 4.04. The molecule has 0 aliphatic heterocycles. The molecule has 9 heteroatoms. The van der Waals surface area contributed by atoms with E-state index in [1.807, 2.05) is 62.4 Å². The zero-order chi connectivity index (χ0) is 27.4. The number of phenols is 1. The van der Waals surface area contributed by atoms with Gasteiger partial charge in [-0.15, -0.1) is 10.2 Å². The van der Waals surface area contributed by atoms with Crippen LogP contribution in [0.1, 0.15) is 48.4 Å². The van der Waals surface area contributed by atoms with Crippen molar-refractivity contribution in [3.63, 3.8) is 0 Å². The molecule has 1 atom stereocenters. The van der Waals surface area contributed by atoms with Crippen molar-refractivity contribution in [3.8, 4) is 17.1 Å². The highest BCUT2D eigenvalue weighted by atomic mass is 16.3. The number of nitrogens with zero attached hydrogens (tertiary/aromatic N) is 5. The number of nitrogens with one attached hydrogen (secondary N) is 1. The number of aromatic nitrogens is 4. The fraction of sp³-hybridized carbons (Fsp3) is 0.300. The third-order valence-electron chi connectivity index (χ3n) is 7.00. The fourth-order valence-corrected chi connectivity index (χ4v) is 4.97. The van der Waals surface area contributed by atoms with Crippen molar-refractivity contribution in [1.82, 2.24) is 25.5 Å². The van der Waals surface area contributed by atoms with Gasteiger partial charge in [0.15, 0.2) is 0 Å². The van der Waals surface area contributed by atoms with Crippen LogP contribution >= 0.6 is 0 Å². The molecule has 0 radical (unpaired) electrons. The van der Waals surface area contributed by atoms with Gasteiger partial charge in [0.05, 0.1) is 0 Å². The molecule has 0 bridgehead atoms. The molecule has 0 saturated heterocycles. The Balaban J connectivity index is 1.50. The third-order valence-corrected chi connectivity index (χ3v) is 7.00. The number of carbonyl (C=O) groups is 2. The molecule has 1 aliphatic rings. The summed E-state index contributed by atoms with van der Waals surface area (Å²) in [6.07, 6.45) is 3.96. The standard InChI is InChI=1S/C30H32N6O3/c1-20-10-12-23(13-11-20)29-32-34-35(33-29)19-27(38)36(25-9-5-6-21(2)18-25)28(22-14-16-26(37)17-15-22)30(39)31-24-7-3-4-8-24/h5-6,9-18,24,28,37H,3-4,7-8,19H2,1-2H3,(H,31,39)/t28-/m1/s1. The molecule has 9 nitrogen and oxygen atoms in total. The third kappa shape index (κ3) is 6.14. The lowest BCUT2D eigenvalue weighted by Crippen LogP contribution is -2.47. The molecule has 0 unspecified atom stereocenters. The molecule has 1 saturated carbocycles. The number of amides is 2. The molecule has 1 aromatic heterocycles. The number of rotatable bonds is 8. The lowest BCUT2D eigenvalue weighted by molar-refractivity contribution is -0.127. The molecule has 1 heterocycles. The normalized spacial score (nSPS) is 14.2. The van der Waals surface area contributed by atoms with Gasteiger partial charge in [-0.1, -0.05) is 66.9 Å². The minimum Gasteiger partial charge on any atom is -0.508 e. The van der Waals surface area contributed by atoms with Gasteiger partial charge in [-0.25, -0.2) is 0 Å². The van der Waals surface area contributed by atoms with Crippen LogP contribution in [-0.4, -0.2) is 43.2 Å². The summed E-state index contributed by atoms with van der Waals surface area (Å²) in [6, 6.07) is 20.7. The molecule has 1 aliphatic carbocycles. The van der Waals surface area contributed by atoms with E-state index in [1.54, 1.807) is 12.1 Å². The Hall–Kier alpha value is -4.53. The minimum absolute atomic E-state index is 0.0700. The van der Waals surface area contributed by atoms with Crippen molar-refractivity contribution < 1.29 is 14.7 Å². The first kappa shape index (κ1) is 26.1. The summed E-state index contributed by atoms with van der Waals surface area (Å²) in [6.45, 7) is 3.73. The van der Waals surface area contributed by atoms with Crippen LogP contribution in [0.25, 0.3) is 11.4 Å². The van der Waals surface area contributed by atoms with E-state index in [1.165, 1.54) is 21.8 Å². The second kappa shape index (κ2) is 11.5. The Kier molecular flexibility index (Phi) is 7.67. The van der Waals surface area contributed by atoms with Gasteiger partial charge in [-0.2, -0.15) is 4.80 Å². The number of hydrogen-bond donors (Lipinski definition) is 2. The number of tetrazole rings is 1. The van der Waals surface area contributed by atoms with Crippen LogP contribution < -0.4 is 10.2 Å². The predicted molar refractivity (Wildman–Crippen MR) is 148 cm³/mol. The van der Waals surface area contributed by atoms with Crippen molar-refractivity contribution in [2.75, 3.05) is 4.90 Å². The average Bonchev–Trinajstić information content (AvgIpc) is 3.60. The monoisotopic (exact) mass is 524 g/mol. The zero-order valence-electron chi connectivity index (χ0n) is 22.1. The summed E-state index contributed by atoms with van der Waals surface area (Å²) in [5, 5.41) is 25.7. The largest absolute Gasteiger partial charge is 0.508 e. The molecule has 2 amide bonds. The van der Waals surface area contributed by atoms with Crippen LogP contribution in [0, 0.1) is 13.8 Å². The molecule has 2 N–H and O–H groups in total. The summed E-state index contributed by atoms with van der Waals surface area (Å²) in [5.74, 6) is -0.140. The Morgan fingerprint density at radius 2 is 1.72 bits per heavy atom. The van der Waals surface area contributed by atoms with E-state index in [0.29, 0.717) is 17.1 Å². The van der Waals surface area contributed by atoms with Gasteiger partial charge < -0.3 is 10.4 Å². The maximum absolute atomic E-state index is 14.0. The molecule has 3 aromatic carbocycles. The predicted octanol–water partition coefficient (Wildman–Crippen LogP) is 4.50. The number of carbonyl (C=O) groups excluding carboxylic acids is 2. The Bertz CT molecular complexity index is 1440. The van der Waals surface area contributed by atoms with Crippen LogP contribution in [0.4, 0.5) is 5.69 Å². The minimum atomic E-state index is -0.958. The quantitative estimate of drug-likeness (QED) is 0.351. The van der Waals surface area contributed by atoms with Crippen LogP contribution in [-0.2, 0) is 16.1 Å². The van der Waals surface area contributed by atoms with E-state index in [-0.39, 0.29) is 30.2 Å². The Morgan fingerprint density at radius 3 is 2.41 bits per heavy atom. The summed E-state index contributed by atoms with van der Waals surface area (Å²) >= 11 is 0. The van der Waals surface area contributed by atoms with Crippen LogP contribution in [0.5, 0.6) is 5.75 Å². The summed E-state index contributed by atoms with van der Waals surface area (Å²) < 4.78 is 0. The zero-order valence-corrected chi connectivity index (χ0v) is 22.1. The number of aromatic hydroxyl groups is 1. The summed E-state index contributed by atoms with van der Waals surface area (Å²) in [4.78, 5) is 30.6. The highest BCUT2D eigenvalue weighted by molar-refractivity contribution is 6.01. The van der Waals surface area contributed by atoms with Crippen molar-refractivity contribution >= 4 is 17.5 Å². The number of anilines is 1. The average molecular weight is 525 g/mol. The number of benzene rings is 3. The van der Waals surface area contributed by atoms with Gasteiger partial charge in [-0.05, 0) is 67.3 Å². The number of hydrogen-bond acceptors (Lipinski definition) is 6. The van der Waals surface area contributed by atoms with Crippen molar-refractivity contribution in [1.29, 1.82) is 0 Å². The van der Waals surface area contributed by atoms with Crippen molar-refractivity contribution in [3.05, 3.63) is 89.5 Å². The fourth-order valence-electron chi connectivity index (χ4n) is 4.97. The van der Waals surface area contributed by atoms with E-state index >= 15 is 0 Å². The Morgan fingerprint density at radius 1 is 1.00 bits per heavy atom. The first-order valence-corrected chi connectivity index (χ1v) is 13.2. The lowest BCUT2D eigenvalue weighted by Gasteiger charge is -2.32. The van der Waals surface area contributed by atoms with Crippen LogP contribution in [0.2, 0.25) is 0 Å². The van der Waals surface area contributed by atoms with Gasteiger partial charge in [0, 0.05) is 17.3 Å². The topological polar surface area (TPSA) is 113 Å². The van der Waals surface area contributed by atoms with Gasteiger partial charge in [-0.3, -0.25) is 14.5 Å². The molecule has 0 spiro atoms. The lowest BCUT2D eigenvalue weighted by atomic mass is 10.0. The molecule has 200 valence electrons. The maximum atomic E-state index is 14.0. The van der Waals surface area contributed by atoms with E-state index in [2.05, 4.69) is 20.7 Å². The molecule has 39 heavy (non-hydrogen) atoms. The van der Waals surface area contributed by atoms with Gasteiger partial charge in [0.25, 0.3) is 5.91 Å². The second-order valence-corrected chi connectivity index (χ2v) is 10.1. The molecular formula is C30H32N6O3. The highest BCUT2D eigenvalue weighted by Crippen LogP contribution is 2.31. The van der Waals surface area contributed by atoms with E-state index in [9.17, 15) is 14.7 Å². The van der Waals surface area contributed by atoms with Gasteiger partial charge in [0.1, 0.15) is 18.3 Å². The molecule has 1 fully saturated rings. The molecule has 4 aromatic rings. The first-order chi connectivity index (χ1) is 18.9. The van der Waals surface area contributed by atoms with Crippen LogP contribution in [0.3, 0.4) is 0 Å². The number of aryl methyl sites for hydroxylation is 2. The SMILES string of the molecule is Cc1ccc(-c2nnn(CC(=O)N(c3cccc(C)c3)[C@@H](C(=O)NC3CCCC3)c3ccc(O)cc3)n2)cc1. The van der Waals surface area contributed by atoms with Crippen molar-refractivity contribution in [2.24, 2.45) is 0 Å². The Labute approximate surface area is 227 Å². The van der Waals surface area contributed by atoms with Gasteiger partial charge in [0.2, 0.25) is 11.7 Å². The van der Waals surface area contributed by atoms with Gasteiger partial charge >= 0.3 is 0 Å². The second-order valence-electron chi connectivity index (χ2n) is 10.1. The van der Waals surface area contributed by atoms with Crippen LogP contribution in [0.15, 0.2) is 72.8 Å². The first-order valence-electron chi connectivity index (χ1n) is 13.2. The smallest absolute Gasteiger partial charge is 0.251 e.